The van der Waals surface area contributed by atoms with Gasteiger partial charge in [0.05, 0.1) is 15.5 Å². The summed E-state index contributed by atoms with van der Waals surface area (Å²) in [7, 11) is -3.82. The van der Waals surface area contributed by atoms with Gasteiger partial charge in [0.25, 0.3) is 5.91 Å². The molecule has 0 spiro atoms. The minimum absolute atomic E-state index is 0.0735. The van der Waals surface area contributed by atoms with Gasteiger partial charge in [-0.2, -0.15) is 0 Å². The van der Waals surface area contributed by atoms with Crippen molar-refractivity contribution in [3.63, 3.8) is 0 Å². The van der Waals surface area contributed by atoms with Gasteiger partial charge in [-0.15, -0.1) is 0 Å². The SMILES string of the molecule is Cc1cccc(C(=O)Nc2cccc(S(N)(=O)=O)c2)c1Cl. The summed E-state index contributed by atoms with van der Waals surface area (Å²) in [6, 6.07) is 10.8. The summed E-state index contributed by atoms with van der Waals surface area (Å²) >= 11 is 6.08. The van der Waals surface area contributed by atoms with Crippen LogP contribution < -0.4 is 10.5 Å². The van der Waals surface area contributed by atoms with Crippen molar-refractivity contribution in [2.45, 2.75) is 11.8 Å². The third kappa shape index (κ3) is 3.60. The zero-order chi connectivity index (χ0) is 15.6. The molecule has 0 radical (unpaired) electrons. The Kier molecular flexibility index (Phi) is 4.32. The van der Waals surface area contributed by atoms with Crippen molar-refractivity contribution in [1.29, 1.82) is 0 Å². The fourth-order valence-electron chi connectivity index (χ4n) is 1.77. The fraction of sp³-hybridized carbons (Fsp3) is 0.0714. The fourth-order valence-corrected chi connectivity index (χ4v) is 2.54. The second-order valence-electron chi connectivity index (χ2n) is 4.46. The number of carbonyl (C=O) groups is 1. The Labute approximate surface area is 127 Å². The maximum Gasteiger partial charge on any atom is 0.257 e. The quantitative estimate of drug-likeness (QED) is 0.909. The van der Waals surface area contributed by atoms with E-state index in [2.05, 4.69) is 5.32 Å². The maximum absolute atomic E-state index is 12.2. The van der Waals surface area contributed by atoms with Crippen molar-refractivity contribution in [2.75, 3.05) is 5.32 Å². The summed E-state index contributed by atoms with van der Waals surface area (Å²) in [5.74, 6) is -0.421. The van der Waals surface area contributed by atoms with Crippen molar-refractivity contribution in [3.05, 3.63) is 58.6 Å². The summed E-state index contributed by atoms with van der Waals surface area (Å²) in [4.78, 5) is 12.1. The third-order valence-corrected chi connectivity index (χ3v) is 4.27. The Hall–Kier alpha value is -1.89. The molecule has 21 heavy (non-hydrogen) atoms. The molecule has 0 aliphatic rings. The molecule has 1 amide bonds. The van der Waals surface area contributed by atoms with Gasteiger partial charge >= 0.3 is 0 Å². The molecule has 3 N–H and O–H groups in total. The Morgan fingerprint density at radius 3 is 2.52 bits per heavy atom. The van der Waals surface area contributed by atoms with Crippen molar-refractivity contribution in [1.82, 2.24) is 0 Å². The number of rotatable bonds is 3. The zero-order valence-electron chi connectivity index (χ0n) is 11.1. The molecular formula is C14H13ClN2O3S. The predicted octanol–water partition coefficient (Wildman–Crippen LogP) is 2.55. The highest BCUT2D eigenvalue weighted by molar-refractivity contribution is 7.89. The van der Waals surface area contributed by atoms with E-state index in [0.717, 1.165) is 5.56 Å². The molecule has 0 fully saturated rings. The van der Waals surface area contributed by atoms with Crippen LogP contribution in [0.15, 0.2) is 47.4 Å². The molecule has 0 unspecified atom stereocenters. The van der Waals surface area contributed by atoms with E-state index in [4.69, 9.17) is 16.7 Å². The minimum atomic E-state index is -3.82. The van der Waals surface area contributed by atoms with Gasteiger partial charge in [0.1, 0.15) is 0 Å². The first-order valence-electron chi connectivity index (χ1n) is 5.98. The first-order valence-corrected chi connectivity index (χ1v) is 7.91. The summed E-state index contributed by atoms with van der Waals surface area (Å²) in [5.41, 5.74) is 1.42. The Bertz CT molecular complexity index is 804. The van der Waals surface area contributed by atoms with E-state index in [1.807, 2.05) is 0 Å². The second-order valence-corrected chi connectivity index (χ2v) is 6.40. The molecule has 0 aliphatic carbocycles. The highest BCUT2D eigenvalue weighted by Crippen LogP contribution is 2.22. The van der Waals surface area contributed by atoms with Gasteiger partial charge in [-0.3, -0.25) is 4.79 Å². The number of amides is 1. The van der Waals surface area contributed by atoms with E-state index in [9.17, 15) is 13.2 Å². The number of aryl methyl sites for hydroxylation is 1. The van der Waals surface area contributed by atoms with Crippen LogP contribution in [0.4, 0.5) is 5.69 Å². The number of nitrogens with two attached hydrogens (primary N) is 1. The van der Waals surface area contributed by atoms with Crippen LogP contribution >= 0.6 is 11.6 Å². The number of carbonyl (C=O) groups excluding carboxylic acids is 1. The van der Waals surface area contributed by atoms with Crippen LogP contribution in [0.2, 0.25) is 5.02 Å². The van der Waals surface area contributed by atoms with Gasteiger partial charge in [0.15, 0.2) is 0 Å². The van der Waals surface area contributed by atoms with Crippen LogP contribution in [0.1, 0.15) is 15.9 Å². The van der Waals surface area contributed by atoms with Crippen LogP contribution in [0.5, 0.6) is 0 Å². The molecule has 2 aromatic rings. The van der Waals surface area contributed by atoms with E-state index in [1.165, 1.54) is 18.2 Å². The summed E-state index contributed by atoms with van der Waals surface area (Å²) < 4.78 is 22.6. The van der Waals surface area contributed by atoms with Crippen LogP contribution in [-0.4, -0.2) is 14.3 Å². The number of halogens is 1. The van der Waals surface area contributed by atoms with E-state index < -0.39 is 15.9 Å². The molecule has 2 rings (SSSR count). The molecule has 0 atom stereocenters. The number of anilines is 1. The Morgan fingerprint density at radius 2 is 1.86 bits per heavy atom. The number of nitrogens with one attached hydrogen (secondary N) is 1. The van der Waals surface area contributed by atoms with Gasteiger partial charge in [-0.1, -0.05) is 29.8 Å². The standard InChI is InChI=1S/C14H13ClN2O3S/c1-9-4-2-7-12(13(9)15)14(18)17-10-5-3-6-11(8-10)21(16,19)20/h2-8H,1H3,(H,17,18)(H2,16,19,20). The second kappa shape index (κ2) is 5.85. The first-order chi connectivity index (χ1) is 9.79. The summed E-state index contributed by atoms with van der Waals surface area (Å²) in [5, 5.41) is 8.00. The minimum Gasteiger partial charge on any atom is -0.322 e. The van der Waals surface area contributed by atoms with Crippen LogP contribution in [-0.2, 0) is 10.0 Å². The molecule has 7 heteroatoms. The van der Waals surface area contributed by atoms with Gasteiger partial charge in [-0.25, -0.2) is 13.6 Å². The van der Waals surface area contributed by atoms with Crippen LogP contribution in [0.25, 0.3) is 0 Å². The lowest BCUT2D eigenvalue weighted by Gasteiger charge is -2.09. The summed E-state index contributed by atoms with van der Waals surface area (Å²) in [6.07, 6.45) is 0. The monoisotopic (exact) mass is 324 g/mol. The topological polar surface area (TPSA) is 89.3 Å². The molecule has 5 nitrogen and oxygen atoms in total. The van der Waals surface area contributed by atoms with Crippen molar-refractivity contribution in [2.24, 2.45) is 5.14 Å². The number of hydrogen-bond donors (Lipinski definition) is 2. The lowest BCUT2D eigenvalue weighted by atomic mass is 10.1. The van der Waals surface area contributed by atoms with Crippen molar-refractivity contribution >= 4 is 33.2 Å². The lowest BCUT2D eigenvalue weighted by molar-refractivity contribution is 0.102. The zero-order valence-corrected chi connectivity index (χ0v) is 12.7. The highest BCUT2D eigenvalue weighted by Gasteiger charge is 2.13. The normalized spacial score (nSPS) is 11.2. The largest absolute Gasteiger partial charge is 0.322 e. The van der Waals surface area contributed by atoms with Crippen LogP contribution in [0.3, 0.4) is 0 Å². The van der Waals surface area contributed by atoms with Crippen molar-refractivity contribution < 1.29 is 13.2 Å². The van der Waals surface area contributed by atoms with Gasteiger partial charge in [0, 0.05) is 5.69 Å². The smallest absolute Gasteiger partial charge is 0.257 e. The maximum atomic E-state index is 12.2. The average Bonchev–Trinajstić information content (AvgIpc) is 2.41. The molecule has 0 saturated heterocycles. The molecule has 0 aromatic heterocycles. The van der Waals surface area contributed by atoms with Crippen LogP contribution in [0, 0.1) is 6.92 Å². The number of benzene rings is 2. The molecule has 0 heterocycles. The molecule has 0 aliphatic heterocycles. The van der Waals surface area contributed by atoms with Gasteiger partial charge in [0.2, 0.25) is 10.0 Å². The highest BCUT2D eigenvalue weighted by atomic mass is 35.5. The Balaban J connectivity index is 2.30. The molecular weight excluding hydrogens is 312 g/mol. The number of sulfonamides is 1. The van der Waals surface area contributed by atoms with Crippen molar-refractivity contribution in [3.8, 4) is 0 Å². The predicted molar refractivity (Wildman–Crippen MR) is 82.0 cm³/mol. The number of hydrogen-bond acceptors (Lipinski definition) is 3. The van der Waals surface area contributed by atoms with E-state index >= 15 is 0 Å². The molecule has 0 bridgehead atoms. The number of primary sulfonamides is 1. The molecule has 110 valence electrons. The third-order valence-electron chi connectivity index (χ3n) is 2.86. The molecule has 0 saturated carbocycles. The van der Waals surface area contributed by atoms with E-state index in [-0.39, 0.29) is 4.90 Å². The van der Waals surface area contributed by atoms with E-state index in [0.29, 0.717) is 16.3 Å². The average molecular weight is 325 g/mol. The Morgan fingerprint density at radius 1 is 1.19 bits per heavy atom. The van der Waals surface area contributed by atoms with E-state index in [1.54, 1.807) is 31.2 Å². The lowest BCUT2D eigenvalue weighted by Crippen LogP contribution is -2.15. The van der Waals surface area contributed by atoms with Gasteiger partial charge in [-0.05, 0) is 36.8 Å². The first kappa shape index (κ1) is 15.5. The summed E-state index contributed by atoms with van der Waals surface area (Å²) in [6.45, 7) is 1.79. The van der Waals surface area contributed by atoms with Gasteiger partial charge < -0.3 is 5.32 Å². The molecule has 2 aromatic carbocycles.